The zero-order chi connectivity index (χ0) is 11.8. The molecule has 0 aliphatic rings. The van der Waals surface area contributed by atoms with Gasteiger partial charge in [-0.1, -0.05) is 0 Å². The summed E-state index contributed by atoms with van der Waals surface area (Å²) in [5.41, 5.74) is 2.40. The molecule has 0 atom stereocenters. The summed E-state index contributed by atoms with van der Waals surface area (Å²) < 4.78 is 46.1. The lowest BCUT2D eigenvalue weighted by Gasteiger charge is -2.04. The summed E-state index contributed by atoms with van der Waals surface area (Å²) in [6.45, 7) is 0. The minimum absolute atomic E-state index is 0.531. The van der Waals surface area contributed by atoms with E-state index in [0.29, 0.717) is 6.07 Å². The van der Waals surface area contributed by atoms with Gasteiger partial charge in [-0.25, -0.2) is 17.2 Å². The van der Waals surface area contributed by atoms with Crippen LogP contribution in [0.5, 0.6) is 0 Å². The molecule has 0 radical (unpaired) electrons. The topological polar surface area (TPSA) is 93.0 Å². The van der Waals surface area contributed by atoms with Crippen LogP contribution in [-0.2, 0) is 9.05 Å². The first-order chi connectivity index (χ1) is 6.73. The number of pyridine rings is 1. The number of aromatic amines is 1. The molecule has 0 bridgehead atoms. The van der Waals surface area contributed by atoms with Gasteiger partial charge in [-0.05, 0) is 6.07 Å². The monoisotopic (exact) mass is 258 g/mol. The van der Waals surface area contributed by atoms with Gasteiger partial charge < -0.3 is 10.7 Å². The van der Waals surface area contributed by atoms with Crippen LogP contribution in [0, 0.1) is 0 Å². The van der Waals surface area contributed by atoms with E-state index in [-0.39, 0.29) is 0 Å². The quantitative estimate of drug-likeness (QED) is 0.768. The maximum absolute atomic E-state index is 12.2. The Morgan fingerprint density at radius 1 is 1.47 bits per heavy atom. The highest BCUT2D eigenvalue weighted by atomic mass is 35.7. The van der Waals surface area contributed by atoms with Gasteiger partial charge in [-0.3, -0.25) is 4.79 Å². The number of hydrogen-bond acceptors (Lipinski definition) is 4. The van der Waals surface area contributed by atoms with Gasteiger partial charge in [0.2, 0.25) is 0 Å². The molecule has 3 N–H and O–H groups in total. The highest BCUT2D eigenvalue weighted by Gasteiger charge is 2.20. The summed E-state index contributed by atoms with van der Waals surface area (Å²) >= 11 is 0. The number of H-pyrrole nitrogens is 1. The number of hydrogen-bond donors (Lipinski definition) is 2. The normalized spacial score (nSPS) is 12.0. The van der Waals surface area contributed by atoms with Crippen molar-refractivity contribution in [3.63, 3.8) is 0 Å². The summed E-state index contributed by atoms with van der Waals surface area (Å²) in [4.78, 5) is 11.9. The third-order valence-electron chi connectivity index (χ3n) is 1.55. The molecule has 1 heterocycles. The molecule has 1 rings (SSSR count). The largest absolute Gasteiger partial charge is 0.393 e. The molecule has 0 spiro atoms. The molecule has 0 saturated heterocycles. The van der Waals surface area contributed by atoms with Crippen molar-refractivity contribution in [3.8, 4) is 0 Å². The van der Waals surface area contributed by atoms with Gasteiger partial charge in [-0.2, -0.15) is 0 Å². The van der Waals surface area contributed by atoms with E-state index in [2.05, 4.69) is 0 Å². The van der Waals surface area contributed by atoms with E-state index in [0.717, 1.165) is 0 Å². The Hall–Kier alpha value is -1.15. The van der Waals surface area contributed by atoms with Crippen molar-refractivity contribution in [1.82, 2.24) is 4.98 Å². The second kappa shape index (κ2) is 3.78. The Morgan fingerprint density at radius 3 is 2.40 bits per heavy atom. The Bertz CT molecular complexity index is 540. The van der Waals surface area contributed by atoms with E-state index in [4.69, 9.17) is 16.4 Å². The van der Waals surface area contributed by atoms with Crippen molar-refractivity contribution in [1.29, 1.82) is 0 Å². The number of nitrogens with two attached hydrogens (primary N) is 1. The zero-order valence-electron chi connectivity index (χ0n) is 7.00. The smallest absolute Gasteiger partial charge is 0.278 e. The number of anilines is 1. The SMILES string of the molecule is Nc1c(S(=O)(=O)Cl)cc(C(F)F)[nH]c1=O. The van der Waals surface area contributed by atoms with E-state index in [1.807, 2.05) is 0 Å². The first-order valence-corrected chi connectivity index (χ1v) is 5.80. The van der Waals surface area contributed by atoms with Crippen molar-refractivity contribution >= 4 is 25.4 Å². The standard InChI is InChI=1S/C6H5ClF2N2O3S/c7-15(13,14)3-1-2(5(8)9)11-6(12)4(3)10/h1,5H,10H2,(H,11,12). The second-order valence-electron chi connectivity index (χ2n) is 2.57. The van der Waals surface area contributed by atoms with Crippen LogP contribution >= 0.6 is 10.7 Å². The Kier molecular flexibility index (Phi) is 3.00. The molecule has 0 aliphatic heterocycles. The van der Waals surface area contributed by atoms with Crippen molar-refractivity contribution in [2.24, 2.45) is 0 Å². The van der Waals surface area contributed by atoms with Crippen molar-refractivity contribution in [3.05, 3.63) is 22.1 Å². The van der Waals surface area contributed by atoms with Crippen LogP contribution in [-0.4, -0.2) is 13.4 Å². The highest BCUT2D eigenvalue weighted by Crippen LogP contribution is 2.23. The van der Waals surface area contributed by atoms with E-state index in [9.17, 15) is 22.0 Å². The van der Waals surface area contributed by atoms with E-state index in [1.165, 1.54) is 0 Å². The van der Waals surface area contributed by atoms with Crippen LogP contribution in [0.25, 0.3) is 0 Å². The maximum atomic E-state index is 12.2. The number of alkyl halides is 2. The number of rotatable bonds is 2. The molecular weight excluding hydrogens is 254 g/mol. The minimum atomic E-state index is -4.32. The van der Waals surface area contributed by atoms with Crippen molar-refractivity contribution < 1.29 is 17.2 Å². The fourth-order valence-corrected chi connectivity index (χ4v) is 1.89. The van der Waals surface area contributed by atoms with Gasteiger partial charge in [0, 0.05) is 10.7 Å². The summed E-state index contributed by atoms with van der Waals surface area (Å²) in [5.74, 6) is 0. The fraction of sp³-hybridized carbons (Fsp3) is 0.167. The Morgan fingerprint density at radius 2 is 2.00 bits per heavy atom. The lowest BCUT2D eigenvalue weighted by atomic mass is 10.3. The molecule has 84 valence electrons. The van der Waals surface area contributed by atoms with Crippen molar-refractivity contribution in [2.45, 2.75) is 11.3 Å². The molecule has 0 saturated carbocycles. The number of nitrogen functional groups attached to an aromatic ring is 1. The molecule has 1 aromatic heterocycles. The Balaban J connectivity index is 3.60. The second-order valence-corrected chi connectivity index (χ2v) is 5.10. The molecule has 5 nitrogen and oxygen atoms in total. The minimum Gasteiger partial charge on any atom is -0.393 e. The summed E-state index contributed by atoms with van der Waals surface area (Å²) in [5, 5.41) is 0. The fourth-order valence-electron chi connectivity index (χ4n) is 0.885. The highest BCUT2D eigenvalue weighted by molar-refractivity contribution is 8.13. The first-order valence-electron chi connectivity index (χ1n) is 3.49. The molecule has 1 aromatic rings. The van der Waals surface area contributed by atoms with Crippen LogP contribution < -0.4 is 11.3 Å². The van der Waals surface area contributed by atoms with E-state index < -0.39 is 37.3 Å². The average molecular weight is 259 g/mol. The van der Waals surface area contributed by atoms with Gasteiger partial charge in [-0.15, -0.1) is 0 Å². The van der Waals surface area contributed by atoms with Crippen LogP contribution in [0.4, 0.5) is 14.5 Å². The van der Waals surface area contributed by atoms with Gasteiger partial charge in [0.25, 0.3) is 21.0 Å². The van der Waals surface area contributed by atoms with Crippen LogP contribution in [0.15, 0.2) is 15.8 Å². The van der Waals surface area contributed by atoms with Gasteiger partial charge in [0.1, 0.15) is 10.6 Å². The van der Waals surface area contributed by atoms with Crippen LogP contribution in [0.1, 0.15) is 12.1 Å². The Labute approximate surface area is 87.3 Å². The molecule has 0 aliphatic carbocycles. The first kappa shape index (κ1) is 11.9. The van der Waals surface area contributed by atoms with E-state index >= 15 is 0 Å². The predicted molar refractivity (Wildman–Crippen MR) is 49.5 cm³/mol. The van der Waals surface area contributed by atoms with Gasteiger partial charge >= 0.3 is 0 Å². The van der Waals surface area contributed by atoms with Crippen LogP contribution in [0.2, 0.25) is 0 Å². The number of aromatic nitrogens is 1. The average Bonchev–Trinajstić information content (AvgIpc) is 2.06. The van der Waals surface area contributed by atoms with Gasteiger partial charge in [0.05, 0.1) is 5.69 Å². The predicted octanol–water partition coefficient (Wildman–Crippen LogP) is 0.822. The molecule has 0 fully saturated rings. The summed E-state index contributed by atoms with van der Waals surface area (Å²) in [6.07, 6.45) is -3.02. The van der Waals surface area contributed by atoms with Crippen molar-refractivity contribution in [2.75, 3.05) is 5.73 Å². The van der Waals surface area contributed by atoms with Crippen LogP contribution in [0.3, 0.4) is 0 Å². The third-order valence-corrected chi connectivity index (χ3v) is 2.91. The lowest BCUT2D eigenvalue weighted by Crippen LogP contribution is -2.17. The molecule has 0 aromatic carbocycles. The lowest BCUT2D eigenvalue weighted by molar-refractivity contribution is 0.145. The van der Waals surface area contributed by atoms with Gasteiger partial charge in [0.15, 0.2) is 0 Å². The molecule has 0 amide bonds. The maximum Gasteiger partial charge on any atom is 0.278 e. The molecule has 9 heteroatoms. The number of nitrogens with one attached hydrogen (secondary N) is 1. The number of halogens is 3. The molecular formula is C6H5ClF2N2O3S. The summed E-state index contributed by atoms with van der Waals surface area (Å²) in [7, 11) is 0.589. The third kappa shape index (κ3) is 2.45. The zero-order valence-corrected chi connectivity index (χ0v) is 8.57. The summed E-state index contributed by atoms with van der Waals surface area (Å²) in [6, 6.07) is 0.531. The molecule has 15 heavy (non-hydrogen) atoms. The molecule has 0 unspecified atom stereocenters. The van der Waals surface area contributed by atoms with E-state index in [1.54, 1.807) is 4.98 Å².